The molecule has 0 fully saturated rings. The fourth-order valence-electron chi connectivity index (χ4n) is 1.60. The van der Waals surface area contributed by atoms with E-state index < -0.39 is 0 Å². The lowest BCUT2D eigenvalue weighted by Crippen LogP contribution is -2.18. The van der Waals surface area contributed by atoms with Crippen molar-refractivity contribution in [1.82, 2.24) is 5.32 Å². The fourth-order valence-corrected chi connectivity index (χ4v) is 2.12. The Balaban J connectivity index is 2.38. The normalized spacial score (nSPS) is 10.0. The number of hydrogen-bond acceptors (Lipinski definition) is 3. The number of halogens is 1. The van der Waals surface area contributed by atoms with Gasteiger partial charge in [0.1, 0.15) is 11.5 Å². The summed E-state index contributed by atoms with van der Waals surface area (Å²) in [5.41, 5.74) is 6.74. The summed E-state index contributed by atoms with van der Waals surface area (Å²) in [5.74, 6) is 0.907. The molecule has 0 bridgehead atoms. The van der Waals surface area contributed by atoms with E-state index in [-0.39, 0.29) is 5.91 Å². The number of nitrogens with two attached hydrogens (primary N) is 1. The molecule has 0 aliphatic heterocycles. The van der Waals surface area contributed by atoms with Gasteiger partial charge in [0, 0.05) is 22.4 Å². The molecule has 1 amide bonds. The average molecular weight is 368 g/mol. The van der Waals surface area contributed by atoms with Crippen LogP contribution in [0.4, 0.5) is 5.69 Å². The number of hydrogen-bond donors (Lipinski definition) is 2. The molecule has 0 atom stereocenters. The number of anilines is 1. The molecular weight excluding hydrogens is 355 g/mol. The molecule has 0 saturated carbocycles. The van der Waals surface area contributed by atoms with Crippen molar-refractivity contribution in [2.24, 2.45) is 0 Å². The van der Waals surface area contributed by atoms with E-state index in [1.807, 2.05) is 24.3 Å². The number of rotatable bonds is 3. The topological polar surface area (TPSA) is 64.4 Å². The van der Waals surface area contributed by atoms with Crippen molar-refractivity contribution in [3.05, 3.63) is 51.6 Å². The average Bonchev–Trinajstić information content (AvgIpc) is 2.38. The summed E-state index contributed by atoms with van der Waals surface area (Å²) in [6.45, 7) is 0. The van der Waals surface area contributed by atoms with E-state index in [2.05, 4.69) is 27.9 Å². The van der Waals surface area contributed by atoms with E-state index in [9.17, 15) is 4.79 Å². The van der Waals surface area contributed by atoms with E-state index in [0.717, 1.165) is 3.57 Å². The van der Waals surface area contributed by atoms with Gasteiger partial charge in [-0.15, -0.1) is 0 Å². The highest BCUT2D eigenvalue weighted by Crippen LogP contribution is 2.28. The van der Waals surface area contributed by atoms with Crippen LogP contribution in [0.25, 0.3) is 0 Å². The van der Waals surface area contributed by atoms with Crippen molar-refractivity contribution in [3.63, 3.8) is 0 Å². The summed E-state index contributed by atoms with van der Waals surface area (Å²) < 4.78 is 6.80. The molecule has 4 nitrogen and oxygen atoms in total. The van der Waals surface area contributed by atoms with Crippen LogP contribution in [0.5, 0.6) is 11.5 Å². The molecule has 98 valence electrons. The molecule has 2 rings (SSSR count). The van der Waals surface area contributed by atoms with Crippen LogP contribution in [0.15, 0.2) is 42.5 Å². The molecule has 0 radical (unpaired) electrons. The van der Waals surface area contributed by atoms with Crippen LogP contribution >= 0.6 is 22.6 Å². The molecule has 0 heterocycles. The number of amides is 1. The second-order valence-corrected chi connectivity index (χ2v) is 5.14. The van der Waals surface area contributed by atoms with Crippen LogP contribution in [0.2, 0.25) is 0 Å². The lowest BCUT2D eigenvalue weighted by atomic mass is 10.1. The zero-order chi connectivity index (χ0) is 13.8. The molecule has 2 aromatic carbocycles. The quantitative estimate of drug-likeness (QED) is 0.647. The largest absolute Gasteiger partial charge is 0.456 e. The highest BCUT2D eigenvalue weighted by molar-refractivity contribution is 14.1. The second-order valence-electron chi connectivity index (χ2n) is 3.89. The van der Waals surface area contributed by atoms with Gasteiger partial charge in [0.15, 0.2) is 0 Å². The zero-order valence-corrected chi connectivity index (χ0v) is 12.5. The minimum absolute atomic E-state index is 0.208. The highest BCUT2D eigenvalue weighted by Gasteiger charge is 2.12. The van der Waals surface area contributed by atoms with Crippen molar-refractivity contribution in [2.75, 3.05) is 12.8 Å². The van der Waals surface area contributed by atoms with Crippen molar-refractivity contribution >= 4 is 34.2 Å². The number of nitrogens with one attached hydrogen (secondary N) is 1. The monoisotopic (exact) mass is 368 g/mol. The number of nitrogen functional groups attached to an aromatic ring is 1. The molecule has 0 saturated heterocycles. The fraction of sp³-hybridized carbons (Fsp3) is 0.0714. The number of carbonyl (C=O) groups is 1. The first-order valence-electron chi connectivity index (χ1n) is 5.65. The van der Waals surface area contributed by atoms with Gasteiger partial charge < -0.3 is 15.8 Å². The van der Waals surface area contributed by atoms with Gasteiger partial charge in [0.2, 0.25) is 0 Å². The van der Waals surface area contributed by atoms with Crippen molar-refractivity contribution in [2.45, 2.75) is 0 Å². The third-order valence-corrected chi connectivity index (χ3v) is 3.17. The first kappa shape index (κ1) is 13.7. The van der Waals surface area contributed by atoms with E-state index in [0.29, 0.717) is 22.7 Å². The van der Waals surface area contributed by atoms with Gasteiger partial charge in [0.05, 0.1) is 5.56 Å². The van der Waals surface area contributed by atoms with Crippen LogP contribution in [-0.4, -0.2) is 13.0 Å². The van der Waals surface area contributed by atoms with Crippen molar-refractivity contribution < 1.29 is 9.53 Å². The Bertz CT molecular complexity index is 614. The molecule has 0 unspecified atom stereocenters. The molecule has 0 aliphatic carbocycles. The molecule has 5 heteroatoms. The summed E-state index contributed by atoms with van der Waals surface area (Å²) in [6.07, 6.45) is 0. The van der Waals surface area contributed by atoms with Crippen LogP contribution < -0.4 is 15.8 Å². The minimum Gasteiger partial charge on any atom is -0.456 e. The Morgan fingerprint density at radius 1 is 1.26 bits per heavy atom. The van der Waals surface area contributed by atoms with Gasteiger partial charge in [0.25, 0.3) is 5.91 Å². The molecule has 0 aliphatic rings. The maximum Gasteiger partial charge on any atom is 0.254 e. The maximum absolute atomic E-state index is 11.8. The molecule has 19 heavy (non-hydrogen) atoms. The van der Waals surface area contributed by atoms with E-state index in [1.165, 1.54) is 0 Å². The summed E-state index contributed by atoms with van der Waals surface area (Å²) in [7, 11) is 1.58. The van der Waals surface area contributed by atoms with Crippen LogP contribution in [-0.2, 0) is 0 Å². The third-order valence-electron chi connectivity index (χ3n) is 2.50. The number of ether oxygens (including phenoxy) is 1. The predicted molar refractivity (Wildman–Crippen MR) is 83.5 cm³/mol. The van der Waals surface area contributed by atoms with E-state index >= 15 is 0 Å². The summed E-state index contributed by atoms with van der Waals surface area (Å²) in [5, 5.41) is 2.58. The number of carbonyl (C=O) groups excluding carboxylic acids is 1. The van der Waals surface area contributed by atoms with Gasteiger partial charge in [-0.2, -0.15) is 0 Å². The van der Waals surface area contributed by atoms with Crippen LogP contribution in [0.3, 0.4) is 0 Å². The number of benzene rings is 2. The summed E-state index contributed by atoms with van der Waals surface area (Å²) >= 11 is 2.20. The van der Waals surface area contributed by atoms with E-state index in [1.54, 1.807) is 25.2 Å². The summed E-state index contributed by atoms with van der Waals surface area (Å²) in [6, 6.07) is 12.5. The highest BCUT2D eigenvalue weighted by atomic mass is 127. The lowest BCUT2D eigenvalue weighted by molar-refractivity contribution is 0.0961. The smallest absolute Gasteiger partial charge is 0.254 e. The van der Waals surface area contributed by atoms with Crippen molar-refractivity contribution in [3.8, 4) is 11.5 Å². The van der Waals surface area contributed by atoms with Gasteiger partial charge in [-0.1, -0.05) is 6.07 Å². The van der Waals surface area contributed by atoms with Gasteiger partial charge in [-0.25, -0.2) is 0 Å². The Morgan fingerprint density at radius 3 is 2.74 bits per heavy atom. The van der Waals surface area contributed by atoms with Gasteiger partial charge in [-0.3, -0.25) is 4.79 Å². The Morgan fingerprint density at radius 2 is 2.05 bits per heavy atom. The van der Waals surface area contributed by atoms with Gasteiger partial charge in [-0.05, 0) is 52.9 Å². The standard InChI is InChI=1S/C14H13IN2O2/c1-17-14(18)12-6-5-10(16)8-13(12)19-11-4-2-3-9(15)7-11/h2-8H,16H2,1H3,(H,17,18). The first-order valence-corrected chi connectivity index (χ1v) is 6.73. The van der Waals surface area contributed by atoms with E-state index in [4.69, 9.17) is 10.5 Å². The van der Waals surface area contributed by atoms with Crippen LogP contribution in [0, 0.1) is 3.57 Å². The molecule has 2 aromatic rings. The molecule has 0 aromatic heterocycles. The predicted octanol–water partition coefficient (Wildman–Crippen LogP) is 3.03. The Labute approximate surface area is 125 Å². The van der Waals surface area contributed by atoms with Crippen LogP contribution in [0.1, 0.15) is 10.4 Å². The Hall–Kier alpha value is -1.76. The molecule has 3 N–H and O–H groups in total. The lowest BCUT2D eigenvalue weighted by Gasteiger charge is -2.11. The van der Waals surface area contributed by atoms with Crippen molar-refractivity contribution in [1.29, 1.82) is 0 Å². The summed E-state index contributed by atoms with van der Waals surface area (Å²) in [4.78, 5) is 11.8. The SMILES string of the molecule is CNC(=O)c1ccc(N)cc1Oc1cccc(I)c1. The minimum atomic E-state index is -0.208. The molecular formula is C14H13IN2O2. The maximum atomic E-state index is 11.8. The van der Waals surface area contributed by atoms with Gasteiger partial charge >= 0.3 is 0 Å². The zero-order valence-electron chi connectivity index (χ0n) is 10.3. The molecule has 0 spiro atoms. The Kier molecular flexibility index (Phi) is 4.26. The first-order chi connectivity index (χ1) is 9.10. The third kappa shape index (κ3) is 3.37. The second kappa shape index (κ2) is 5.92.